The number of nitrogens with zero attached hydrogens (tertiary/aromatic N) is 1. The molecule has 1 saturated heterocycles. The SMILES string of the molecule is C=CC[C@@]1(C)C[C@H](c2cccc(Cl)c2)[C@@H](c2ccc(Cl)cc2)N(C(CC)C[C@](C)(O)C(F)(F)F)C1=O. The molecule has 1 N–H and O–H groups in total. The number of benzene rings is 2. The van der Waals surface area contributed by atoms with Crippen LogP contribution >= 0.6 is 23.2 Å². The summed E-state index contributed by atoms with van der Waals surface area (Å²) in [4.78, 5) is 15.7. The molecule has 1 amide bonds. The summed E-state index contributed by atoms with van der Waals surface area (Å²) in [5.41, 5.74) is -2.22. The van der Waals surface area contributed by atoms with Crippen molar-refractivity contribution in [3.63, 3.8) is 0 Å². The maximum absolute atomic E-state index is 14.1. The fourth-order valence-electron chi connectivity index (χ4n) is 5.30. The van der Waals surface area contributed by atoms with Crippen molar-refractivity contribution in [3.05, 3.63) is 82.4 Å². The monoisotopic (exact) mass is 541 g/mol. The van der Waals surface area contributed by atoms with Gasteiger partial charge in [0.2, 0.25) is 5.91 Å². The van der Waals surface area contributed by atoms with Gasteiger partial charge in [0.05, 0.1) is 11.5 Å². The largest absolute Gasteiger partial charge is 0.416 e. The van der Waals surface area contributed by atoms with Crippen LogP contribution in [0.25, 0.3) is 0 Å². The average molecular weight is 542 g/mol. The Morgan fingerprint density at radius 3 is 2.33 bits per heavy atom. The summed E-state index contributed by atoms with van der Waals surface area (Å²) < 4.78 is 41.2. The van der Waals surface area contributed by atoms with Gasteiger partial charge in [-0.1, -0.05) is 67.4 Å². The molecule has 36 heavy (non-hydrogen) atoms. The van der Waals surface area contributed by atoms with Crippen LogP contribution in [0.3, 0.4) is 0 Å². The minimum atomic E-state index is -4.84. The van der Waals surface area contributed by atoms with E-state index in [1.54, 1.807) is 48.2 Å². The summed E-state index contributed by atoms with van der Waals surface area (Å²) in [6.07, 6.45) is -2.77. The van der Waals surface area contributed by atoms with E-state index in [1.165, 1.54) is 0 Å². The molecule has 196 valence electrons. The van der Waals surface area contributed by atoms with E-state index in [0.717, 1.165) is 18.1 Å². The highest BCUT2D eigenvalue weighted by molar-refractivity contribution is 6.30. The number of carbonyl (C=O) groups excluding carboxylic acids is 1. The lowest BCUT2D eigenvalue weighted by Gasteiger charge is -2.53. The van der Waals surface area contributed by atoms with Crippen LogP contribution in [0.5, 0.6) is 0 Å². The number of carbonyl (C=O) groups is 1. The molecule has 5 atom stereocenters. The molecule has 2 aromatic rings. The van der Waals surface area contributed by atoms with E-state index in [4.69, 9.17) is 23.2 Å². The topological polar surface area (TPSA) is 40.5 Å². The second kappa shape index (κ2) is 10.8. The molecule has 0 bridgehead atoms. The lowest BCUT2D eigenvalue weighted by molar-refractivity contribution is -0.259. The zero-order chi connectivity index (χ0) is 26.9. The molecule has 1 fully saturated rings. The molecular weight excluding hydrogens is 510 g/mol. The number of allylic oxidation sites excluding steroid dienone is 1. The lowest BCUT2D eigenvalue weighted by Crippen LogP contribution is -2.58. The predicted molar refractivity (Wildman–Crippen MR) is 138 cm³/mol. The van der Waals surface area contributed by atoms with Crippen molar-refractivity contribution in [3.8, 4) is 0 Å². The second-order valence-electron chi connectivity index (χ2n) is 10.2. The van der Waals surface area contributed by atoms with Gasteiger partial charge in [-0.25, -0.2) is 0 Å². The zero-order valence-corrected chi connectivity index (χ0v) is 22.2. The summed E-state index contributed by atoms with van der Waals surface area (Å²) in [6.45, 7) is 8.14. The molecule has 1 unspecified atom stereocenters. The molecule has 3 nitrogen and oxygen atoms in total. The molecule has 2 aromatic carbocycles. The van der Waals surface area contributed by atoms with E-state index in [1.807, 2.05) is 25.1 Å². The molecule has 8 heteroatoms. The van der Waals surface area contributed by atoms with Crippen LogP contribution in [0.1, 0.15) is 69.5 Å². The van der Waals surface area contributed by atoms with E-state index in [0.29, 0.717) is 22.9 Å². The van der Waals surface area contributed by atoms with Crippen molar-refractivity contribution in [2.45, 2.75) is 76.2 Å². The number of hydrogen-bond donors (Lipinski definition) is 1. The first kappa shape index (κ1) is 28.5. The maximum atomic E-state index is 14.1. The van der Waals surface area contributed by atoms with E-state index < -0.39 is 35.7 Å². The quantitative estimate of drug-likeness (QED) is 0.343. The maximum Gasteiger partial charge on any atom is 0.416 e. The van der Waals surface area contributed by atoms with Crippen LogP contribution in [-0.4, -0.2) is 33.7 Å². The Morgan fingerprint density at radius 1 is 1.17 bits per heavy atom. The first-order chi connectivity index (χ1) is 16.7. The molecule has 3 rings (SSSR count). The number of hydrogen-bond acceptors (Lipinski definition) is 2. The summed E-state index contributed by atoms with van der Waals surface area (Å²) >= 11 is 12.5. The Morgan fingerprint density at radius 2 is 1.81 bits per heavy atom. The number of amides is 1. The van der Waals surface area contributed by atoms with Crippen molar-refractivity contribution >= 4 is 29.1 Å². The third-order valence-electron chi connectivity index (χ3n) is 7.29. The standard InChI is InChI=1S/C28H32Cl2F3NO2/c1-5-14-26(3)17-23(19-8-7-9-21(30)15-19)24(18-10-12-20(29)13-11-18)34(25(26)35)22(6-2)16-27(4,36)28(31,32)33/h5,7-13,15,22-24,36H,1,6,14,16-17H2,2-4H3/t22?,23-,24-,26+,27+/m1/s1. The fourth-order valence-corrected chi connectivity index (χ4v) is 5.63. The van der Waals surface area contributed by atoms with Crippen LogP contribution in [0.2, 0.25) is 10.0 Å². The molecule has 0 aliphatic carbocycles. The highest BCUT2D eigenvalue weighted by Gasteiger charge is 2.55. The first-order valence-corrected chi connectivity index (χ1v) is 12.7. The average Bonchev–Trinajstić information content (AvgIpc) is 2.79. The summed E-state index contributed by atoms with van der Waals surface area (Å²) in [5.74, 6) is -0.525. The molecule has 0 aromatic heterocycles. The van der Waals surface area contributed by atoms with Crippen LogP contribution < -0.4 is 0 Å². The van der Waals surface area contributed by atoms with E-state index in [2.05, 4.69) is 6.58 Å². The predicted octanol–water partition coefficient (Wildman–Crippen LogP) is 8.12. The normalized spacial score (nSPS) is 25.4. The molecule has 0 saturated carbocycles. The van der Waals surface area contributed by atoms with Gasteiger partial charge in [0.15, 0.2) is 5.60 Å². The van der Waals surface area contributed by atoms with E-state index in [-0.39, 0.29) is 18.2 Å². The number of piperidine rings is 1. The number of likely N-dealkylation sites (tertiary alicyclic amines) is 1. The van der Waals surface area contributed by atoms with Crippen LogP contribution in [-0.2, 0) is 4.79 Å². The Bertz CT molecular complexity index is 1090. The second-order valence-corrected chi connectivity index (χ2v) is 11.0. The Balaban J connectivity index is 2.24. The fraction of sp³-hybridized carbons (Fsp3) is 0.464. The smallest absolute Gasteiger partial charge is 0.381 e. The van der Waals surface area contributed by atoms with E-state index in [9.17, 15) is 23.1 Å². The lowest BCUT2D eigenvalue weighted by atomic mass is 9.66. The van der Waals surface area contributed by atoms with E-state index >= 15 is 0 Å². The third kappa shape index (κ3) is 5.76. The molecule has 1 aliphatic heterocycles. The van der Waals surface area contributed by atoms with Gasteiger partial charge in [-0.3, -0.25) is 4.79 Å². The van der Waals surface area contributed by atoms with Gasteiger partial charge in [0.1, 0.15) is 0 Å². The summed E-state index contributed by atoms with van der Waals surface area (Å²) in [5, 5.41) is 11.4. The minimum absolute atomic E-state index is 0.231. The van der Waals surface area contributed by atoms with Gasteiger partial charge in [-0.15, -0.1) is 6.58 Å². The van der Waals surface area contributed by atoms with Gasteiger partial charge >= 0.3 is 6.18 Å². The highest BCUT2D eigenvalue weighted by Crippen LogP contribution is 2.53. The number of halogens is 5. The minimum Gasteiger partial charge on any atom is -0.381 e. The van der Waals surface area contributed by atoms with Crippen LogP contribution in [0.15, 0.2) is 61.2 Å². The van der Waals surface area contributed by atoms with Gasteiger partial charge in [0, 0.05) is 28.4 Å². The van der Waals surface area contributed by atoms with Crippen LogP contribution in [0, 0.1) is 5.41 Å². The summed E-state index contributed by atoms with van der Waals surface area (Å²) in [6, 6.07) is 12.9. The Kier molecular flexibility index (Phi) is 8.54. The molecule has 1 heterocycles. The van der Waals surface area contributed by atoms with Gasteiger partial charge in [-0.2, -0.15) is 13.2 Å². The number of alkyl halides is 3. The molecule has 1 aliphatic rings. The van der Waals surface area contributed by atoms with Gasteiger partial charge in [-0.05, 0) is 61.6 Å². The Hall–Kier alpha value is -2.02. The summed E-state index contributed by atoms with van der Waals surface area (Å²) in [7, 11) is 0. The first-order valence-electron chi connectivity index (χ1n) is 12.0. The van der Waals surface area contributed by atoms with Crippen molar-refractivity contribution in [2.75, 3.05) is 0 Å². The molecule has 0 spiro atoms. The highest BCUT2D eigenvalue weighted by atomic mass is 35.5. The molecule has 0 radical (unpaired) electrons. The van der Waals surface area contributed by atoms with Crippen molar-refractivity contribution in [2.24, 2.45) is 5.41 Å². The number of rotatable bonds is 8. The number of aliphatic hydroxyl groups is 1. The van der Waals surface area contributed by atoms with Gasteiger partial charge in [0.25, 0.3) is 0 Å². The Labute approximate surface area is 220 Å². The van der Waals surface area contributed by atoms with Gasteiger partial charge < -0.3 is 10.0 Å². The van der Waals surface area contributed by atoms with Crippen molar-refractivity contribution < 1.29 is 23.1 Å². The zero-order valence-electron chi connectivity index (χ0n) is 20.7. The molecular formula is C28H32Cl2F3NO2. The third-order valence-corrected chi connectivity index (χ3v) is 7.78. The van der Waals surface area contributed by atoms with Crippen LogP contribution in [0.4, 0.5) is 13.2 Å². The van der Waals surface area contributed by atoms with Crippen molar-refractivity contribution in [1.29, 1.82) is 0 Å². The van der Waals surface area contributed by atoms with Crippen molar-refractivity contribution in [1.82, 2.24) is 4.90 Å².